The normalized spacial score (nSPS) is 9.83. The number of nitrogens with zero attached hydrogens (tertiary/aromatic N) is 2. The van der Waals surface area contributed by atoms with Crippen LogP contribution >= 0.6 is 0 Å². The number of methoxy groups -OCH3 is 1. The lowest BCUT2D eigenvalue weighted by Gasteiger charge is -2.08. The first-order valence-electron chi connectivity index (χ1n) is 5.23. The minimum absolute atomic E-state index is 0.333. The van der Waals surface area contributed by atoms with Crippen LogP contribution in [0.15, 0.2) is 36.5 Å². The molecule has 92 valence electrons. The van der Waals surface area contributed by atoms with Crippen molar-refractivity contribution >= 4 is 17.4 Å². The lowest BCUT2D eigenvalue weighted by molar-refractivity contribution is 0.102. The lowest BCUT2D eigenvalue weighted by Crippen LogP contribution is -2.15. The zero-order valence-corrected chi connectivity index (χ0v) is 9.75. The summed E-state index contributed by atoms with van der Waals surface area (Å²) in [5, 5.41) is 10.0. The summed E-state index contributed by atoms with van der Waals surface area (Å²) in [6.45, 7) is 0. The van der Waals surface area contributed by atoms with Crippen LogP contribution in [0.25, 0.3) is 0 Å². The smallest absolute Gasteiger partial charge is 0.259 e. The molecule has 0 saturated heterocycles. The molecule has 3 N–H and O–H groups in total. The van der Waals surface area contributed by atoms with Gasteiger partial charge in [-0.1, -0.05) is 0 Å². The zero-order chi connectivity index (χ0) is 13.0. The van der Waals surface area contributed by atoms with Crippen molar-refractivity contribution in [2.24, 2.45) is 0 Å². The standard InChI is InChI=1S/C12H12N4O2/c1-18-8-4-5-10(13)9(7-8)12(17)15-11-3-2-6-14-16-11/h2-7H,13H2,1H3,(H,15,16,17). The number of rotatable bonds is 3. The fourth-order valence-electron chi connectivity index (χ4n) is 1.41. The first-order chi connectivity index (χ1) is 8.70. The molecule has 0 aliphatic carbocycles. The lowest BCUT2D eigenvalue weighted by atomic mass is 10.1. The summed E-state index contributed by atoms with van der Waals surface area (Å²) in [4.78, 5) is 12.0. The van der Waals surface area contributed by atoms with Crippen LogP contribution in [0.1, 0.15) is 10.4 Å². The van der Waals surface area contributed by atoms with E-state index in [1.54, 1.807) is 30.3 Å². The Morgan fingerprint density at radius 2 is 2.22 bits per heavy atom. The molecule has 0 bridgehead atoms. The minimum atomic E-state index is -0.355. The van der Waals surface area contributed by atoms with Gasteiger partial charge in [-0.2, -0.15) is 5.10 Å². The Morgan fingerprint density at radius 3 is 2.89 bits per heavy atom. The second kappa shape index (κ2) is 5.13. The van der Waals surface area contributed by atoms with Gasteiger partial charge in [0.15, 0.2) is 5.82 Å². The van der Waals surface area contributed by atoms with Crippen LogP contribution in [0.2, 0.25) is 0 Å². The maximum atomic E-state index is 12.0. The van der Waals surface area contributed by atoms with E-state index in [4.69, 9.17) is 10.5 Å². The van der Waals surface area contributed by atoms with E-state index in [1.807, 2.05) is 0 Å². The molecule has 6 heteroatoms. The third-order valence-electron chi connectivity index (χ3n) is 2.32. The Morgan fingerprint density at radius 1 is 1.39 bits per heavy atom. The number of ether oxygens (including phenoxy) is 1. The van der Waals surface area contributed by atoms with E-state index in [9.17, 15) is 4.79 Å². The van der Waals surface area contributed by atoms with Crippen LogP contribution in [0.5, 0.6) is 5.75 Å². The summed E-state index contributed by atoms with van der Waals surface area (Å²) >= 11 is 0. The highest BCUT2D eigenvalue weighted by molar-refractivity contribution is 6.07. The molecule has 0 aliphatic rings. The Hall–Kier alpha value is -2.63. The number of nitrogen functional groups attached to an aromatic ring is 1. The van der Waals surface area contributed by atoms with Crippen LogP contribution in [-0.4, -0.2) is 23.2 Å². The van der Waals surface area contributed by atoms with Gasteiger partial charge in [0, 0.05) is 11.9 Å². The van der Waals surface area contributed by atoms with E-state index < -0.39 is 0 Å². The molecule has 1 aromatic heterocycles. The van der Waals surface area contributed by atoms with E-state index in [1.165, 1.54) is 13.3 Å². The Balaban J connectivity index is 2.23. The molecule has 1 amide bonds. The minimum Gasteiger partial charge on any atom is -0.497 e. The van der Waals surface area contributed by atoms with Gasteiger partial charge in [0.25, 0.3) is 5.91 Å². The van der Waals surface area contributed by atoms with Crippen LogP contribution in [0, 0.1) is 0 Å². The number of hydrogen-bond acceptors (Lipinski definition) is 5. The third kappa shape index (κ3) is 2.54. The molecule has 0 aliphatic heterocycles. The number of carbonyl (C=O) groups is 1. The van der Waals surface area contributed by atoms with Crippen LogP contribution in [-0.2, 0) is 0 Å². The Bertz CT molecular complexity index is 557. The fraction of sp³-hybridized carbons (Fsp3) is 0.0833. The highest BCUT2D eigenvalue weighted by atomic mass is 16.5. The second-order valence-electron chi connectivity index (χ2n) is 3.52. The van der Waals surface area contributed by atoms with Crippen molar-refractivity contribution in [2.75, 3.05) is 18.2 Å². The van der Waals surface area contributed by atoms with Crippen molar-refractivity contribution in [2.45, 2.75) is 0 Å². The van der Waals surface area contributed by atoms with Crippen molar-refractivity contribution in [3.8, 4) is 5.75 Å². The Labute approximate surface area is 104 Å². The van der Waals surface area contributed by atoms with E-state index in [2.05, 4.69) is 15.5 Å². The van der Waals surface area contributed by atoms with Gasteiger partial charge in [-0.25, -0.2) is 0 Å². The highest BCUT2D eigenvalue weighted by Gasteiger charge is 2.11. The summed E-state index contributed by atoms with van der Waals surface area (Å²) in [6.07, 6.45) is 1.52. The predicted molar refractivity (Wildman–Crippen MR) is 67.4 cm³/mol. The summed E-state index contributed by atoms with van der Waals surface area (Å²) < 4.78 is 5.05. The number of amides is 1. The molecule has 0 saturated carbocycles. The largest absolute Gasteiger partial charge is 0.497 e. The topological polar surface area (TPSA) is 90.1 Å². The highest BCUT2D eigenvalue weighted by Crippen LogP contribution is 2.20. The quantitative estimate of drug-likeness (QED) is 0.795. The van der Waals surface area contributed by atoms with E-state index in [0.29, 0.717) is 22.8 Å². The third-order valence-corrected chi connectivity index (χ3v) is 2.32. The maximum absolute atomic E-state index is 12.0. The number of hydrogen-bond donors (Lipinski definition) is 2. The molecule has 0 unspecified atom stereocenters. The summed E-state index contributed by atoms with van der Waals surface area (Å²) in [6, 6.07) is 8.19. The number of benzene rings is 1. The van der Waals surface area contributed by atoms with Gasteiger partial charge in [-0.05, 0) is 30.3 Å². The number of nitrogens with two attached hydrogens (primary N) is 1. The first kappa shape index (κ1) is 11.8. The van der Waals surface area contributed by atoms with Gasteiger partial charge >= 0.3 is 0 Å². The molecule has 0 spiro atoms. The maximum Gasteiger partial charge on any atom is 0.259 e. The van der Waals surface area contributed by atoms with Crippen molar-refractivity contribution in [1.29, 1.82) is 0 Å². The molecular formula is C12H12N4O2. The average molecular weight is 244 g/mol. The summed E-state index contributed by atoms with van der Waals surface area (Å²) in [7, 11) is 1.52. The molecule has 0 fully saturated rings. The van der Waals surface area contributed by atoms with E-state index in [0.717, 1.165) is 0 Å². The number of aromatic nitrogens is 2. The summed E-state index contributed by atoms with van der Waals surface area (Å²) in [5.74, 6) is 0.574. The SMILES string of the molecule is COc1ccc(N)c(C(=O)Nc2cccnn2)c1. The zero-order valence-electron chi connectivity index (χ0n) is 9.75. The number of carbonyl (C=O) groups excluding carboxylic acids is 1. The molecule has 0 radical (unpaired) electrons. The van der Waals surface area contributed by atoms with Crippen LogP contribution in [0.4, 0.5) is 11.5 Å². The average Bonchev–Trinajstić information content (AvgIpc) is 2.40. The fourth-order valence-corrected chi connectivity index (χ4v) is 1.41. The molecule has 6 nitrogen and oxygen atoms in total. The summed E-state index contributed by atoms with van der Waals surface area (Å²) in [5.41, 5.74) is 6.45. The molecule has 2 rings (SSSR count). The van der Waals surface area contributed by atoms with Crippen LogP contribution in [0.3, 0.4) is 0 Å². The number of anilines is 2. The van der Waals surface area contributed by atoms with Gasteiger partial charge in [0.2, 0.25) is 0 Å². The molecule has 18 heavy (non-hydrogen) atoms. The molecule has 2 aromatic rings. The van der Waals surface area contributed by atoms with Gasteiger partial charge in [-0.3, -0.25) is 4.79 Å². The first-order valence-corrected chi connectivity index (χ1v) is 5.23. The molecular weight excluding hydrogens is 232 g/mol. The number of nitrogens with one attached hydrogen (secondary N) is 1. The molecule has 0 atom stereocenters. The van der Waals surface area contributed by atoms with Gasteiger partial charge in [-0.15, -0.1) is 5.10 Å². The predicted octanol–water partition coefficient (Wildman–Crippen LogP) is 1.32. The van der Waals surface area contributed by atoms with Crippen molar-refractivity contribution in [1.82, 2.24) is 10.2 Å². The van der Waals surface area contributed by atoms with Crippen molar-refractivity contribution in [3.05, 3.63) is 42.1 Å². The van der Waals surface area contributed by atoms with E-state index >= 15 is 0 Å². The van der Waals surface area contributed by atoms with E-state index in [-0.39, 0.29) is 5.91 Å². The van der Waals surface area contributed by atoms with Crippen molar-refractivity contribution < 1.29 is 9.53 Å². The van der Waals surface area contributed by atoms with Gasteiger partial charge in [0.05, 0.1) is 12.7 Å². The van der Waals surface area contributed by atoms with Crippen LogP contribution < -0.4 is 15.8 Å². The van der Waals surface area contributed by atoms with Gasteiger partial charge in [0.1, 0.15) is 5.75 Å². The Kier molecular flexibility index (Phi) is 3.38. The van der Waals surface area contributed by atoms with Crippen molar-refractivity contribution in [3.63, 3.8) is 0 Å². The monoisotopic (exact) mass is 244 g/mol. The molecule has 1 aromatic carbocycles. The van der Waals surface area contributed by atoms with Gasteiger partial charge < -0.3 is 15.8 Å². The second-order valence-corrected chi connectivity index (χ2v) is 3.52. The molecule has 1 heterocycles.